The van der Waals surface area contributed by atoms with Gasteiger partial charge in [-0.3, -0.25) is 14.5 Å². The van der Waals surface area contributed by atoms with Crippen molar-refractivity contribution in [3.8, 4) is 0 Å². The van der Waals surface area contributed by atoms with Gasteiger partial charge in [0, 0.05) is 18.1 Å². The van der Waals surface area contributed by atoms with Crippen molar-refractivity contribution in [1.82, 2.24) is 20.4 Å². The molecule has 1 aromatic carbocycles. The van der Waals surface area contributed by atoms with Gasteiger partial charge in [0.25, 0.3) is 5.91 Å². The number of rotatable bonds is 7. The van der Waals surface area contributed by atoms with E-state index in [1.807, 2.05) is 19.9 Å². The van der Waals surface area contributed by atoms with Crippen molar-refractivity contribution in [3.05, 3.63) is 58.8 Å². The van der Waals surface area contributed by atoms with Crippen LogP contribution in [0, 0.1) is 5.92 Å². The Kier molecular flexibility index (Phi) is 6.27. The second-order valence-corrected chi connectivity index (χ2v) is 7.99. The van der Waals surface area contributed by atoms with E-state index in [-0.39, 0.29) is 37.5 Å². The lowest BCUT2D eigenvalue weighted by molar-refractivity contribution is -0.132. The van der Waals surface area contributed by atoms with E-state index in [1.54, 1.807) is 24.3 Å². The number of amides is 4. The molecule has 2 N–H and O–H groups in total. The summed E-state index contributed by atoms with van der Waals surface area (Å²) in [6.07, 6.45) is 1.60. The zero-order chi connectivity index (χ0) is 21.1. The highest BCUT2D eigenvalue weighted by atomic mass is 35.5. The fourth-order valence-electron chi connectivity index (χ4n) is 3.48. The van der Waals surface area contributed by atoms with Crippen LogP contribution in [0.4, 0.5) is 4.79 Å². The Morgan fingerprint density at radius 2 is 2.17 bits per heavy atom. The molecule has 3 rings (SSSR count). The Balaban J connectivity index is 1.89. The SMILES string of the molecule is C=CCN1C(=O)N[C@H](c2cccc(Cl)c2)C2=C1CN(CC(=O)NCC(C)C)C2=O. The smallest absolute Gasteiger partial charge is 0.322 e. The van der Waals surface area contributed by atoms with E-state index in [0.717, 1.165) is 5.56 Å². The topological polar surface area (TPSA) is 81.8 Å². The molecular formula is C21H25ClN4O3. The summed E-state index contributed by atoms with van der Waals surface area (Å²) in [5.41, 5.74) is 1.78. The van der Waals surface area contributed by atoms with Crippen LogP contribution >= 0.6 is 11.6 Å². The minimum absolute atomic E-state index is 0.0586. The van der Waals surface area contributed by atoms with Crippen molar-refractivity contribution in [3.63, 3.8) is 0 Å². The maximum absolute atomic E-state index is 13.2. The van der Waals surface area contributed by atoms with Gasteiger partial charge in [-0.25, -0.2) is 4.79 Å². The third-order valence-electron chi connectivity index (χ3n) is 4.83. The van der Waals surface area contributed by atoms with Crippen molar-refractivity contribution in [2.45, 2.75) is 19.9 Å². The van der Waals surface area contributed by atoms with Gasteiger partial charge >= 0.3 is 6.03 Å². The van der Waals surface area contributed by atoms with Gasteiger partial charge in [-0.15, -0.1) is 6.58 Å². The highest BCUT2D eigenvalue weighted by Gasteiger charge is 2.44. The molecule has 29 heavy (non-hydrogen) atoms. The summed E-state index contributed by atoms with van der Waals surface area (Å²) < 4.78 is 0. The molecule has 4 amide bonds. The summed E-state index contributed by atoms with van der Waals surface area (Å²) in [5.74, 6) is -0.170. The standard InChI is InChI=1S/C21H25ClN4O3/c1-4-8-26-16-11-25(12-17(27)23-10-13(2)3)20(28)18(16)19(24-21(26)29)14-6-5-7-15(22)9-14/h4-7,9,13,19H,1,8,10-12H2,2-3H3,(H,23,27)(H,24,29)/t19-/m1/s1. The summed E-state index contributed by atoms with van der Waals surface area (Å²) in [5, 5.41) is 6.23. The molecule has 2 heterocycles. The first-order valence-corrected chi connectivity index (χ1v) is 9.93. The van der Waals surface area contributed by atoms with Crippen LogP contribution in [0.3, 0.4) is 0 Å². The van der Waals surface area contributed by atoms with Gasteiger partial charge in [0.15, 0.2) is 0 Å². The van der Waals surface area contributed by atoms with Gasteiger partial charge in [-0.05, 0) is 23.6 Å². The maximum Gasteiger partial charge on any atom is 0.322 e. The predicted octanol–water partition coefficient (Wildman–Crippen LogP) is 2.46. The molecule has 0 aliphatic carbocycles. The van der Waals surface area contributed by atoms with Gasteiger partial charge in [0.2, 0.25) is 5.91 Å². The van der Waals surface area contributed by atoms with Crippen LogP contribution in [0.5, 0.6) is 0 Å². The van der Waals surface area contributed by atoms with Gasteiger partial charge in [-0.1, -0.05) is 43.7 Å². The summed E-state index contributed by atoms with van der Waals surface area (Å²) in [6, 6.07) is 6.12. The molecule has 0 bridgehead atoms. The molecule has 2 aliphatic rings. The molecule has 1 aromatic rings. The molecule has 0 saturated carbocycles. The molecular weight excluding hydrogens is 392 g/mol. The van der Waals surface area contributed by atoms with Crippen LogP contribution in [0.2, 0.25) is 5.02 Å². The summed E-state index contributed by atoms with van der Waals surface area (Å²) in [4.78, 5) is 41.1. The fourth-order valence-corrected chi connectivity index (χ4v) is 3.68. The highest BCUT2D eigenvalue weighted by molar-refractivity contribution is 6.30. The van der Waals surface area contributed by atoms with E-state index in [2.05, 4.69) is 17.2 Å². The molecule has 154 valence electrons. The number of carbonyl (C=O) groups excluding carboxylic acids is 3. The summed E-state index contributed by atoms with van der Waals surface area (Å²) in [6.45, 7) is 8.65. The van der Waals surface area contributed by atoms with E-state index in [9.17, 15) is 14.4 Å². The number of carbonyl (C=O) groups is 3. The highest BCUT2D eigenvalue weighted by Crippen LogP contribution is 2.36. The van der Waals surface area contributed by atoms with E-state index in [1.165, 1.54) is 9.80 Å². The number of halogens is 1. The third-order valence-corrected chi connectivity index (χ3v) is 5.07. The van der Waals surface area contributed by atoms with Crippen molar-refractivity contribution in [2.24, 2.45) is 5.92 Å². The second kappa shape index (κ2) is 8.69. The molecule has 0 aromatic heterocycles. The summed E-state index contributed by atoms with van der Waals surface area (Å²) in [7, 11) is 0. The number of urea groups is 1. The quantitative estimate of drug-likeness (QED) is 0.670. The maximum atomic E-state index is 13.2. The monoisotopic (exact) mass is 416 g/mol. The van der Waals surface area contributed by atoms with Crippen molar-refractivity contribution in [1.29, 1.82) is 0 Å². The number of hydrogen-bond acceptors (Lipinski definition) is 3. The lowest BCUT2D eigenvalue weighted by Gasteiger charge is -2.33. The van der Waals surface area contributed by atoms with E-state index >= 15 is 0 Å². The molecule has 0 radical (unpaired) electrons. The largest absolute Gasteiger partial charge is 0.354 e. The first-order valence-electron chi connectivity index (χ1n) is 9.55. The lowest BCUT2D eigenvalue weighted by Crippen LogP contribution is -2.47. The molecule has 0 spiro atoms. The van der Waals surface area contributed by atoms with Gasteiger partial charge in [0.05, 0.1) is 23.9 Å². The minimum Gasteiger partial charge on any atom is -0.354 e. The Morgan fingerprint density at radius 3 is 2.83 bits per heavy atom. The van der Waals surface area contributed by atoms with Crippen molar-refractivity contribution < 1.29 is 14.4 Å². The molecule has 7 nitrogen and oxygen atoms in total. The minimum atomic E-state index is -0.617. The Labute approximate surface area is 175 Å². The zero-order valence-corrected chi connectivity index (χ0v) is 17.3. The van der Waals surface area contributed by atoms with Crippen LogP contribution in [0.25, 0.3) is 0 Å². The van der Waals surface area contributed by atoms with E-state index in [0.29, 0.717) is 28.8 Å². The molecule has 8 heteroatoms. The Hall–Kier alpha value is -2.80. The van der Waals surface area contributed by atoms with Crippen LogP contribution in [0.15, 0.2) is 48.2 Å². The van der Waals surface area contributed by atoms with Crippen LogP contribution in [-0.4, -0.2) is 53.8 Å². The van der Waals surface area contributed by atoms with E-state index < -0.39 is 6.04 Å². The third kappa shape index (κ3) is 4.45. The Bertz CT molecular complexity index is 880. The summed E-state index contributed by atoms with van der Waals surface area (Å²) >= 11 is 6.12. The van der Waals surface area contributed by atoms with Gasteiger partial charge in [0.1, 0.15) is 6.54 Å². The lowest BCUT2D eigenvalue weighted by atomic mass is 9.95. The normalized spacial score (nSPS) is 18.8. The Morgan fingerprint density at radius 1 is 1.41 bits per heavy atom. The van der Waals surface area contributed by atoms with E-state index in [4.69, 9.17) is 11.6 Å². The first-order chi connectivity index (χ1) is 13.8. The van der Waals surface area contributed by atoms with Gasteiger partial charge < -0.3 is 15.5 Å². The number of hydrogen-bond donors (Lipinski definition) is 2. The molecule has 0 fully saturated rings. The second-order valence-electron chi connectivity index (χ2n) is 7.56. The van der Waals surface area contributed by atoms with Crippen LogP contribution < -0.4 is 10.6 Å². The fraction of sp³-hybridized carbons (Fsp3) is 0.381. The van der Waals surface area contributed by atoms with Crippen molar-refractivity contribution >= 4 is 29.4 Å². The first kappa shape index (κ1) is 20.9. The molecule has 0 saturated heterocycles. The van der Waals surface area contributed by atoms with Crippen LogP contribution in [-0.2, 0) is 9.59 Å². The zero-order valence-electron chi connectivity index (χ0n) is 16.6. The number of nitrogens with zero attached hydrogens (tertiary/aromatic N) is 2. The molecule has 2 aliphatic heterocycles. The molecule has 1 atom stereocenters. The number of nitrogens with one attached hydrogen (secondary N) is 2. The average Bonchev–Trinajstić information content (AvgIpc) is 2.98. The predicted molar refractivity (Wildman–Crippen MR) is 111 cm³/mol. The molecule has 0 unspecified atom stereocenters. The number of benzene rings is 1. The van der Waals surface area contributed by atoms with Crippen molar-refractivity contribution in [2.75, 3.05) is 26.2 Å². The average molecular weight is 417 g/mol. The van der Waals surface area contributed by atoms with Gasteiger partial charge in [-0.2, -0.15) is 0 Å². The van der Waals surface area contributed by atoms with Crippen LogP contribution in [0.1, 0.15) is 25.5 Å².